The molecule has 24 heavy (non-hydrogen) atoms. The molecule has 136 valence electrons. The first kappa shape index (κ1) is 19.3. The van der Waals surface area contributed by atoms with Gasteiger partial charge in [0.15, 0.2) is 0 Å². The van der Waals surface area contributed by atoms with Crippen LogP contribution >= 0.6 is 0 Å². The minimum Gasteiger partial charge on any atom is -0.300 e. The molecule has 3 heteroatoms. The lowest BCUT2D eigenvalue weighted by molar-refractivity contribution is -0.142. The van der Waals surface area contributed by atoms with Crippen molar-refractivity contribution in [3.05, 3.63) is 0 Å². The number of carbonyl (C=O) groups is 3. The summed E-state index contributed by atoms with van der Waals surface area (Å²) in [5.41, 5.74) is -0.270. The Kier molecular flexibility index (Phi) is 5.71. The van der Waals surface area contributed by atoms with Crippen molar-refractivity contribution < 1.29 is 14.4 Å². The van der Waals surface area contributed by atoms with E-state index < -0.39 is 0 Å². The second-order valence-corrected chi connectivity index (χ2v) is 8.91. The molecule has 0 spiro atoms. The Morgan fingerprint density at radius 3 is 2.58 bits per heavy atom. The Hall–Kier alpha value is -0.990. The molecule has 5 atom stereocenters. The lowest BCUT2D eigenvalue weighted by Gasteiger charge is -2.50. The first-order valence-electron chi connectivity index (χ1n) is 9.69. The van der Waals surface area contributed by atoms with Gasteiger partial charge in [0.25, 0.3) is 0 Å². The molecule has 0 radical (unpaired) electrons. The summed E-state index contributed by atoms with van der Waals surface area (Å²) < 4.78 is 0. The Morgan fingerprint density at radius 1 is 1.33 bits per heavy atom. The molecule has 3 nitrogen and oxygen atoms in total. The molecule has 2 aliphatic rings. The largest absolute Gasteiger partial charge is 0.300 e. The summed E-state index contributed by atoms with van der Waals surface area (Å²) in [5.74, 6) is 1.21. The standard InChI is InChI=1S/C21H34O3/c1-6-20(4,14(2)15(3)22)13-19(24)18-9-7-8-16-12-17(23)10-11-21(16,18)5/h14,16,18H,6-13H2,1-5H3. The van der Waals surface area contributed by atoms with Crippen LogP contribution in [0.3, 0.4) is 0 Å². The van der Waals surface area contributed by atoms with E-state index in [1.54, 1.807) is 6.92 Å². The highest BCUT2D eigenvalue weighted by molar-refractivity contribution is 5.86. The molecule has 2 rings (SSSR count). The summed E-state index contributed by atoms with van der Waals surface area (Å²) >= 11 is 0. The lowest BCUT2D eigenvalue weighted by atomic mass is 9.53. The molecule has 0 amide bonds. The molecule has 5 unspecified atom stereocenters. The fraction of sp³-hybridized carbons (Fsp3) is 0.857. The number of carbonyl (C=O) groups excluding carboxylic acids is 3. The number of hydrogen-bond acceptors (Lipinski definition) is 3. The monoisotopic (exact) mass is 334 g/mol. The van der Waals surface area contributed by atoms with Gasteiger partial charge in [0.1, 0.15) is 17.3 Å². The third-order valence-electron chi connectivity index (χ3n) is 7.62. The highest BCUT2D eigenvalue weighted by atomic mass is 16.1. The normalized spacial score (nSPS) is 34.1. The van der Waals surface area contributed by atoms with Crippen LogP contribution < -0.4 is 0 Å². The third kappa shape index (κ3) is 3.50. The molecule has 0 aromatic carbocycles. The van der Waals surface area contributed by atoms with E-state index >= 15 is 0 Å². The van der Waals surface area contributed by atoms with Crippen molar-refractivity contribution in [1.82, 2.24) is 0 Å². The van der Waals surface area contributed by atoms with Gasteiger partial charge in [0.2, 0.25) is 0 Å². The van der Waals surface area contributed by atoms with Crippen molar-refractivity contribution in [2.24, 2.45) is 28.6 Å². The lowest BCUT2D eigenvalue weighted by Crippen LogP contribution is -2.47. The zero-order valence-electron chi connectivity index (χ0n) is 16.1. The summed E-state index contributed by atoms with van der Waals surface area (Å²) in [6.45, 7) is 10.0. The van der Waals surface area contributed by atoms with Crippen molar-refractivity contribution >= 4 is 17.3 Å². The topological polar surface area (TPSA) is 51.2 Å². The minimum absolute atomic E-state index is 0.0165. The van der Waals surface area contributed by atoms with Crippen LogP contribution in [-0.4, -0.2) is 17.3 Å². The van der Waals surface area contributed by atoms with Gasteiger partial charge >= 0.3 is 0 Å². The van der Waals surface area contributed by atoms with Gasteiger partial charge in [0.05, 0.1) is 0 Å². The van der Waals surface area contributed by atoms with E-state index in [1.807, 2.05) is 6.92 Å². The van der Waals surface area contributed by atoms with Gasteiger partial charge in [-0.25, -0.2) is 0 Å². The van der Waals surface area contributed by atoms with Crippen LogP contribution in [0.15, 0.2) is 0 Å². The number of hydrogen-bond donors (Lipinski definition) is 0. The van der Waals surface area contributed by atoms with E-state index in [0.29, 0.717) is 36.7 Å². The van der Waals surface area contributed by atoms with E-state index in [9.17, 15) is 14.4 Å². The molecule has 0 heterocycles. The van der Waals surface area contributed by atoms with Gasteiger partial charge in [-0.15, -0.1) is 0 Å². The van der Waals surface area contributed by atoms with Crippen molar-refractivity contribution in [2.45, 2.75) is 86.0 Å². The fourth-order valence-electron chi connectivity index (χ4n) is 5.14. The van der Waals surface area contributed by atoms with Crippen LogP contribution in [0.4, 0.5) is 0 Å². The van der Waals surface area contributed by atoms with E-state index in [4.69, 9.17) is 0 Å². The van der Waals surface area contributed by atoms with Crippen LogP contribution in [0, 0.1) is 28.6 Å². The number of Topliss-reactive ketones (excluding diaryl/α,β-unsaturated/α-hetero) is 3. The predicted molar refractivity (Wildman–Crippen MR) is 95.7 cm³/mol. The molecule has 0 aromatic heterocycles. The first-order valence-corrected chi connectivity index (χ1v) is 9.69. The van der Waals surface area contributed by atoms with E-state index in [0.717, 1.165) is 32.1 Å². The molecular formula is C21H34O3. The maximum absolute atomic E-state index is 13.2. The van der Waals surface area contributed by atoms with Crippen LogP contribution in [0.1, 0.15) is 86.0 Å². The van der Waals surface area contributed by atoms with Crippen LogP contribution in [0.5, 0.6) is 0 Å². The first-order chi connectivity index (χ1) is 11.1. The number of rotatable bonds is 6. The molecule has 0 bridgehead atoms. The van der Waals surface area contributed by atoms with Gasteiger partial charge in [-0.3, -0.25) is 14.4 Å². The van der Waals surface area contributed by atoms with Crippen LogP contribution in [0.2, 0.25) is 0 Å². The van der Waals surface area contributed by atoms with Gasteiger partial charge in [-0.1, -0.05) is 34.1 Å². The predicted octanol–water partition coefficient (Wildman–Crippen LogP) is 4.76. The van der Waals surface area contributed by atoms with Crippen molar-refractivity contribution in [3.8, 4) is 0 Å². The average molecular weight is 334 g/mol. The van der Waals surface area contributed by atoms with E-state index in [2.05, 4.69) is 20.8 Å². The minimum atomic E-state index is -0.253. The fourth-order valence-corrected chi connectivity index (χ4v) is 5.14. The van der Waals surface area contributed by atoms with Crippen LogP contribution in [-0.2, 0) is 14.4 Å². The summed E-state index contributed by atoms with van der Waals surface area (Å²) in [7, 11) is 0. The van der Waals surface area contributed by atoms with Crippen molar-refractivity contribution in [2.75, 3.05) is 0 Å². The molecule has 0 aliphatic heterocycles. The van der Waals surface area contributed by atoms with Gasteiger partial charge in [0, 0.05) is 31.1 Å². The van der Waals surface area contributed by atoms with Crippen molar-refractivity contribution in [3.63, 3.8) is 0 Å². The Labute approximate surface area is 147 Å². The second-order valence-electron chi connectivity index (χ2n) is 8.91. The third-order valence-corrected chi connectivity index (χ3v) is 7.62. The molecule has 2 aliphatic carbocycles. The molecule has 2 fully saturated rings. The highest BCUT2D eigenvalue weighted by Gasteiger charge is 2.50. The van der Waals surface area contributed by atoms with Crippen molar-refractivity contribution in [1.29, 1.82) is 0 Å². The Balaban J connectivity index is 2.18. The smallest absolute Gasteiger partial charge is 0.137 e. The second kappa shape index (κ2) is 7.09. The summed E-state index contributed by atoms with van der Waals surface area (Å²) in [6.07, 6.45) is 6.57. The summed E-state index contributed by atoms with van der Waals surface area (Å²) in [4.78, 5) is 37.0. The molecule has 2 saturated carbocycles. The highest BCUT2D eigenvalue weighted by Crippen LogP contribution is 2.54. The molecular weight excluding hydrogens is 300 g/mol. The van der Waals surface area contributed by atoms with E-state index in [1.165, 1.54) is 0 Å². The van der Waals surface area contributed by atoms with Crippen LogP contribution in [0.25, 0.3) is 0 Å². The number of fused-ring (bicyclic) bond motifs is 1. The summed E-state index contributed by atoms with van der Waals surface area (Å²) in [6, 6.07) is 0. The quantitative estimate of drug-likeness (QED) is 0.703. The maximum Gasteiger partial charge on any atom is 0.137 e. The van der Waals surface area contributed by atoms with E-state index in [-0.39, 0.29) is 28.4 Å². The summed E-state index contributed by atoms with van der Waals surface area (Å²) in [5, 5.41) is 0. The Bertz CT molecular complexity index is 523. The molecule has 0 aromatic rings. The maximum atomic E-state index is 13.2. The molecule has 0 saturated heterocycles. The Morgan fingerprint density at radius 2 is 2.00 bits per heavy atom. The zero-order chi connectivity index (χ0) is 18.1. The SMILES string of the molecule is CCC(C)(CC(=O)C1CCCC2CC(=O)CCC21C)C(C)C(C)=O. The van der Waals surface area contributed by atoms with Gasteiger partial charge < -0.3 is 0 Å². The zero-order valence-corrected chi connectivity index (χ0v) is 16.1. The average Bonchev–Trinajstić information content (AvgIpc) is 2.53. The molecule has 0 N–H and O–H groups in total. The van der Waals surface area contributed by atoms with Gasteiger partial charge in [-0.05, 0) is 49.4 Å². The van der Waals surface area contributed by atoms with Gasteiger partial charge in [-0.2, -0.15) is 0 Å². The number of ketones is 3.